The zero-order valence-electron chi connectivity index (χ0n) is 10.9. The number of halogens is 3. The van der Waals surface area contributed by atoms with Gasteiger partial charge in [0.05, 0.1) is 5.88 Å². The Labute approximate surface area is 115 Å². The van der Waals surface area contributed by atoms with E-state index < -0.39 is 11.6 Å². The first-order valence-corrected chi connectivity index (χ1v) is 6.34. The quantitative estimate of drug-likeness (QED) is 0.788. The smallest absolute Gasteiger partial charge is 0.164 e. The van der Waals surface area contributed by atoms with Crippen molar-refractivity contribution >= 4 is 11.6 Å². The van der Waals surface area contributed by atoms with E-state index in [1.807, 2.05) is 25.3 Å². The Morgan fingerprint density at radius 2 is 1.84 bits per heavy atom. The molecule has 0 aliphatic heterocycles. The van der Waals surface area contributed by atoms with Gasteiger partial charge in [0.15, 0.2) is 17.5 Å². The zero-order valence-corrected chi connectivity index (χ0v) is 11.7. The molecule has 0 unspecified atom stereocenters. The van der Waals surface area contributed by atoms with Crippen molar-refractivity contribution in [2.45, 2.75) is 32.2 Å². The largest absolute Gasteiger partial charge is 0.305 e. The van der Waals surface area contributed by atoms with Crippen molar-refractivity contribution < 1.29 is 8.78 Å². The second kappa shape index (κ2) is 4.89. The molecule has 2 aromatic rings. The Hall–Kier alpha value is -1.49. The molecular formula is C13H14ClF2N3. The van der Waals surface area contributed by atoms with Crippen LogP contribution < -0.4 is 0 Å². The first-order valence-electron chi connectivity index (χ1n) is 5.80. The Morgan fingerprint density at radius 1 is 1.16 bits per heavy atom. The van der Waals surface area contributed by atoms with E-state index in [2.05, 4.69) is 10.2 Å². The lowest BCUT2D eigenvalue weighted by Gasteiger charge is -2.24. The molecule has 6 heteroatoms. The van der Waals surface area contributed by atoms with Gasteiger partial charge in [0.2, 0.25) is 0 Å². The fraction of sp³-hybridized carbons (Fsp3) is 0.385. The number of rotatable bonds is 2. The normalized spacial score (nSPS) is 11.9. The summed E-state index contributed by atoms with van der Waals surface area (Å²) in [6.45, 7) is 5.90. The van der Waals surface area contributed by atoms with Gasteiger partial charge in [0.1, 0.15) is 5.82 Å². The molecule has 0 aliphatic rings. The van der Waals surface area contributed by atoms with Crippen LogP contribution in [0.3, 0.4) is 0 Å². The van der Waals surface area contributed by atoms with Gasteiger partial charge in [-0.15, -0.1) is 21.8 Å². The summed E-state index contributed by atoms with van der Waals surface area (Å²) in [6.07, 6.45) is 0. The van der Waals surface area contributed by atoms with E-state index in [1.165, 1.54) is 6.07 Å². The van der Waals surface area contributed by atoms with Crippen LogP contribution in [-0.2, 0) is 11.4 Å². The summed E-state index contributed by atoms with van der Waals surface area (Å²) < 4.78 is 28.1. The minimum atomic E-state index is -0.909. The van der Waals surface area contributed by atoms with Crippen LogP contribution >= 0.6 is 11.6 Å². The predicted molar refractivity (Wildman–Crippen MR) is 69.9 cm³/mol. The lowest BCUT2D eigenvalue weighted by atomic mass is 10.1. The second-order valence-corrected chi connectivity index (χ2v) is 5.48. The summed E-state index contributed by atoms with van der Waals surface area (Å²) in [6, 6.07) is 3.66. The molecule has 1 aromatic carbocycles. The molecule has 0 spiro atoms. The minimum absolute atomic E-state index is 0.202. The predicted octanol–water partition coefficient (Wildman–Crippen LogP) is 3.72. The lowest BCUT2D eigenvalue weighted by molar-refractivity contribution is 0.390. The van der Waals surface area contributed by atoms with Crippen molar-refractivity contribution in [1.29, 1.82) is 0 Å². The molecule has 2 rings (SSSR count). The standard InChI is InChI=1S/C13H14ClF2N3/c1-13(2,3)19-11(7-14)17-18-12(19)8-4-5-9(15)10(16)6-8/h4-6H,7H2,1-3H3. The van der Waals surface area contributed by atoms with Crippen LogP contribution in [0.5, 0.6) is 0 Å². The maximum atomic E-state index is 13.3. The highest BCUT2D eigenvalue weighted by atomic mass is 35.5. The number of alkyl halides is 1. The summed E-state index contributed by atoms with van der Waals surface area (Å²) in [5.74, 6) is -0.527. The van der Waals surface area contributed by atoms with Gasteiger partial charge >= 0.3 is 0 Å². The maximum absolute atomic E-state index is 13.3. The molecule has 0 N–H and O–H groups in total. The van der Waals surface area contributed by atoms with Gasteiger partial charge in [0, 0.05) is 11.1 Å². The summed E-state index contributed by atoms with van der Waals surface area (Å²) in [4.78, 5) is 0. The van der Waals surface area contributed by atoms with Crippen LogP contribution in [-0.4, -0.2) is 14.8 Å². The summed E-state index contributed by atoms with van der Waals surface area (Å²) in [7, 11) is 0. The summed E-state index contributed by atoms with van der Waals surface area (Å²) >= 11 is 5.84. The van der Waals surface area contributed by atoms with Crippen molar-refractivity contribution in [3.8, 4) is 11.4 Å². The molecule has 3 nitrogen and oxygen atoms in total. The number of hydrogen-bond donors (Lipinski definition) is 0. The third kappa shape index (κ3) is 2.61. The average Bonchev–Trinajstić information content (AvgIpc) is 2.76. The van der Waals surface area contributed by atoms with Gasteiger partial charge in [-0.3, -0.25) is 0 Å². The van der Waals surface area contributed by atoms with Gasteiger partial charge in [-0.1, -0.05) is 0 Å². The molecule has 0 radical (unpaired) electrons. The third-order valence-corrected chi connectivity index (χ3v) is 2.94. The first-order chi connectivity index (χ1) is 8.84. The SMILES string of the molecule is CC(C)(C)n1c(CCl)nnc1-c1ccc(F)c(F)c1. The molecular weight excluding hydrogens is 272 g/mol. The Balaban J connectivity index is 2.62. The molecule has 0 saturated heterocycles. The first kappa shape index (κ1) is 13.9. The van der Waals surface area contributed by atoms with Crippen LogP contribution in [0.4, 0.5) is 8.78 Å². The highest BCUT2D eigenvalue weighted by Crippen LogP contribution is 2.27. The number of benzene rings is 1. The fourth-order valence-electron chi connectivity index (χ4n) is 1.93. The van der Waals surface area contributed by atoms with Crippen molar-refractivity contribution in [1.82, 2.24) is 14.8 Å². The molecule has 1 aromatic heterocycles. The van der Waals surface area contributed by atoms with E-state index in [1.54, 1.807) is 0 Å². The van der Waals surface area contributed by atoms with E-state index in [9.17, 15) is 8.78 Å². The van der Waals surface area contributed by atoms with E-state index >= 15 is 0 Å². The zero-order chi connectivity index (χ0) is 14.2. The number of aromatic nitrogens is 3. The van der Waals surface area contributed by atoms with Gasteiger partial charge in [-0.25, -0.2) is 8.78 Å². The van der Waals surface area contributed by atoms with Crippen molar-refractivity contribution in [3.05, 3.63) is 35.7 Å². The highest BCUT2D eigenvalue weighted by molar-refractivity contribution is 6.16. The maximum Gasteiger partial charge on any atom is 0.164 e. The van der Waals surface area contributed by atoms with E-state index in [0.717, 1.165) is 12.1 Å². The Bertz CT molecular complexity index is 602. The molecule has 0 atom stereocenters. The Morgan fingerprint density at radius 3 is 2.37 bits per heavy atom. The fourth-order valence-corrected chi connectivity index (χ4v) is 2.10. The Kier molecular flexibility index (Phi) is 3.58. The van der Waals surface area contributed by atoms with Crippen LogP contribution in [0.15, 0.2) is 18.2 Å². The van der Waals surface area contributed by atoms with Crippen molar-refractivity contribution in [2.24, 2.45) is 0 Å². The van der Waals surface area contributed by atoms with Crippen LogP contribution in [0.2, 0.25) is 0 Å². The lowest BCUT2D eigenvalue weighted by Crippen LogP contribution is -2.24. The topological polar surface area (TPSA) is 30.7 Å². The molecule has 0 amide bonds. The average molecular weight is 286 g/mol. The summed E-state index contributed by atoms with van der Waals surface area (Å²) in [5, 5.41) is 8.03. The van der Waals surface area contributed by atoms with E-state index in [0.29, 0.717) is 17.2 Å². The molecule has 0 aliphatic carbocycles. The van der Waals surface area contributed by atoms with Gasteiger partial charge in [-0.05, 0) is 39.0 Å². The van der Waals surface area contributed by atoms with E-state index in [4.69, 9.17) is 11.6 Å². The molecule has 1 heterocycles. The highest BCUT2D eigenvalue weighted by Gasteiger charge is 2.23. The van der Waals surface area contributed by atoms with Gasteiger partial charge < -0.3 is 4.57 Å². The number of hydrogen-bond acceptors (Lipinski definition) is 2. The van der Waals surface area contributed by atoms with E-state index in [-0.39, 0.29) is 11.4 Å². The molecule has 0 fully saturated rings. The second-order valence-electron chi connectivity index (χ2n) is 5.21. The molecule has 19 heavy (non-hydrogen) atoms. The monoisotopic (exact) mass is 285 g/mol. The minimum Gasteiger partial charge on any atom is -0.305 e. The van der Waals surface area contributed by atoms with Crippen LogP contribution in [0.1, 0.15) is 26.6 Å². The summed E-state index contributed by atoms with van der Waals surface area (Å²) in [5.41, 5.74) is 0.158. The van der Waals surface area contributed by atoms with Gasteiger partial charge in [-0.2, -0.15) is 0 Å². The number of nitrogens with zero attached hydrogens (tertiary/aromatic N) is 3. The van der Waals surface area contributed by atoms with Crippen molar-refractivity contribution in [3.63, 3.8) is 0 Å². The molecule has 102 valence electrons. The van der Waals surface area contributed by atoms with Crippen LogP contribution in [0, 0.1) is 11.6 Å². The molecule has 0 saturated carbocycles. The van der Waals surface area contributed by atoms with Crippen LogP contribution in [0.25, 0.3) is 11.4 Å². The third-order valence-electron chi connectivity index (χ3n) is 2.70. The van der Waals surface area contributed by atoms with Gasteiger partial charge in [0.25, 0.3) is 0 Å². The van der Waals surface area contributed by atoms with Crippen molar-refractivity contribution in [2.75, 3.05) is 0 Å². The molecule has 0 bridgehead atoms.